The van der Waals surface area contributed by atoms with E-state index < -0.39 is 12.0 Å². The number of nitrogens with zero attached hydrogens (tertiary/aromatic N) is 1. The van der Waals surface area contributed by atoms with E-state index in [1.807, 2.05) is 12.1 Å². The Morgan fingerprint density at radius 2 is 2.20 bits per heavy atom. The van der Waals surface area contributed by atoms with E-state index in [0.29, 0.717) is 18.8 Å². The Balaban J connectivity index is 2.25. The largest absolute Gasteiger partial charge is 0.464 e. The van der Waals surface area contributed by atoms with Gasteiger partial charge in [-0.05, 0) is 17.7 Å². The van der Waals surface area contributed by atoms with E-state index in [4.69, 9.17) is 10.5 Å². The highest BCUT2D eigenvalue weighted by Crippen LogP contribution is 1.98. The number of ether oxygens (including phenoxy) is 1. The number of carbonyl (C=O) groups excluding carboxylic acids is 1. The molecule has 5 heteroatoms. The Morgan fingerprint density at radius 1 is 1.53 bits per heavy atom. The first-order chi connectivity index (χ1) is 7.24. The summed E-state index contributed by atoms with van der Waals surface area (Å²) in [6, 6.07) is 3.13. The second kappa shape index (κ2) is 6.42. The molecule has 15 heavy (non-hydrogen) atoms. The van der Waals surface area contributed by atoms with Crippen LogP contribution in [0.4, 0.5) is 0 Å². The van der Waals surface area contributed by atoms with E-state index in [-0.39, 0.29) is 0 Å². The van der Waals surface area contributed by atoms with Crippen LogP contribution in [0.2, 0.25) is 0 Å². The highest BCUT2D eigenvalue weighted by Gasteiger charge is 2.12. The first-order valence-electron chi connectivity index (χ1n) is 4.66. The molecule has 0 unspecified atom stereocenters. The van der Waals surface area contributed by atoms with Crippen LogP contribution in [0.5, 0.6) is 0 Å². The van der Waals surface area contributed by atoms with Crippen molar-refractivity contribution in [2.45, 2.75) is 12.5 Å². The molecule has 0 amide bonds. The van der Waals surface area contributed by atoms with Crippen molar-refractivity contribution >= 4 is 18.6 Å². The topological polar surface area (TPSA) is 65.2 Å². The van der Waals surface area contributed by atoms with Crippen LogP contribution in [0.25, 0.3) is 0 Å². The molecule has 0 saturated heterocycles. The maximum absolute atomic E-state index is 11.2. The third-order valence-corrected chi connectivity index (χ3v) is 2.28. The van der Waals surface area contributed by atoms with Crippen molar-refractivity contribution in [2.24, 2.45) is 5.73 Å². The first kappa shape index (κ1) is 12.0. The predicted octanol–water partition coefficient (Wildman–Crippen LogP) is 0.424. The molecule has 82 valence electrons. The predicted molar refractivity (Wildman–Crippen MR) is 60.7 cm³/mol. The van der Waals surface area contributed by atoms with Crippen molar-refractivity contribution < 1.29 is 9.53 Å². The Labute approximate surface area is 94.2 Å². The van der Waals surface area contributed by atoms with E-state index in [9.17, 15) is 4.79 Å². The van der Waals surface area contributed by atoms with Gasteiger partial charge in [0.2, 0.25) is 0 Å². The third-order valence-electron chi connectivity index (χ3n) is 1.88. The van der Waals surface area contributed by atoms with Gasteiger partial charge in [0.15, 0.2) is 0 Å². The van der Waals surface area contributed by atoms with Crippen molar-refractivity contribution in [3.8, 4) is 0 Å². The second-order valence-electron chi connectivity index (χ2n) is 3.06. The molecule has 0 aliphatic rings. The molecular weight excluding hydrogens is 212 g/mol. The normalized spacial score (nSPS) is 12.1. The molecule has 1 rings (SSSR count). The van der Waals surface area contributed by atoms with Crippen molar-refractivity contribution in [3.63, 3.8) is 0 Å². The van der Waals surface area contributed by atoms with Gasteiger partial charge < -0.3 is 10.5 Å². The molecule has 0 spiro atoms. The van der Waals surface area contributed by atoms with Crippen molar-refractivity contribution in [1.29, 1.82) is 0 Å². The minimum atomic E-state index is -0.634. The number of rotatable bonds is 5. The maximum Gasteiger partial charge on any atom is 0.323 e. The zero-order chi connectivity index (χ0) is 11.1. The summed E-state index contributed by atoms with van der Waals surface area (Å²) in [5, 5.41) is 0. The molecule has 0 bridgehead atoms. The minimum Gasteiger partial charge on any atom is -0.464 e. The van der Waals surface area contributed by atoms with Crippen LogP contribution in [0.3, 0.4) is 0 Å². The summed E-state index contributed by atoms with van der Waals surface area (Å²) < 4.78 is 4.97. The minimum absolute atomic E-state index is 0.300. The fraction of sp³-hybridized carbons (Fsp3) is 0.400. The van der Waals surface area contributed by atoms with Gasteiger partial charge in [-0.2, -0.15) is 12.6 Å². The third kappa shape index (κ3) is 4.31. The van der Waals surface area contributed by atoms with Gasteiger partial charge in [0.05, 0.1) is 6.61 Å². The van der Waals surface area contributed by atoms with E-state index in [1.54, 1.807) is 12.4 Å². The Kier molecular flexibility index (Phi) is 5.14. The summed E-state index contributed by atoms with van der Waals surface area (Å²) in [5.74, 6) is -0.104. The van der Waals surface area contributed by atoms with Crippen LogP contribution in [0.15, 0.2) is 24.5 Å². The summed E-state index contributed by atoms with van der Waals surface area (Å²) in [7, 11) is 0. The Morgan fingerprint density at radius 3 is 2.80 bits per heavy atom. The van der Waals surface area contributed by atoms with Crippen molar-refractivity contribution in [3.05, 3.63) is 30.1 Å². The number of hydrogen-bond donors (Lipinski definition) is 2. The molecule has 1 aromatic heterocycles. The number of carbonyl (C=O) groups is 1. The van der Waals surface area contributed by atoms with E-state index in [2.05, 4.69) is 17.6 Å². The maximum atomic E-state index is 11.2. The SMILES string of the molecule is N[C@@H](CS)C(=O)OCCc1ccncc1. The van der Waals surface area contributed by atoms with Gasteiger partial charge in [-0.25, -0.2) is 0 Å². The van der Waals surface area contributed by atoms with Crippen LogP contribution in [0.1, 0.15) is 5.56 Å². The first-order valence-corrected chi connectivity index (χ1v) is 5.29. The fourth-order valence-corrected chi connectivity index (χ4v) is 1.15. The lowest BCUT2D eigenvalue weighted by Crippen LogP contribution is -2.34. The molecule has 0 radical (unpaired) electrons. The van der Waals surface area contributed by atoms with E-state index in [1.165, 1.54) is 0 Å². The van der Waals surface area contributed by atoms with Crippen LogP contribution in [0, 0.1) is 0 Å². The molecule has 0 saturated carbocycles. The van der Waals surface area contributed by atoms with Crippen LogP contribution in [-0.4, -0.2) is 29.4 Å². The molecule has 0 aromatic carbocycles. The molecule has 0 fully saturated rings. The van der Waals surface area contributed by atoms with Crippen LogP contribution >= 0.6 is 12.6 Å². The number of thiol groups is 1. The van der Waals surface area contributed by atoms with E-state index >= 15 is 0 Å². The molecule has 0 aliphatic carbocycles. The Hall–Kier alpha value is -1.07. The summed E-state index contributed by atoms with van der Waals surface area (Å²) in [5.41, 5.74) is 6.52. The average molecular weight is 226 g/mol. The molecule has 1 aromatic rings. The van der Waals surface area contributed by atoms with Gasteiger partial charge in [0.1, 0.15) is 6.04 Å². The van der Waals surface area contributed by atoms with Crippen LogP contribution in [-0.2, 0) is 16.0 Å². The van der Waals surface area contributed by atoms with Gasteiger partial charge in [-0.15, -0.1) is 0 Å². The van der Waals surface area contributed by atoms with Gasteiger partial charge in [-0.3, -0.25) is 9.78 Å². The van der Waals surface area contributed by atoms with Crippen LogP contribution < -0.4 is 5.73 Å². The summed E-state index contributed by atoms with van der Waals surface area (Å²) in [6.07, 6.45) is 4.08. The number of nitrogens with two attached hydrogens (primary N) is 1. The highest BCUT2D eigenvalue weighted by atomic mass is 32.1. The number of hydrogen-bond acceptors (Lipinski definition) is 5. The lowest BCUT2D eigenvalue weighted by atomic mass is 10.2. The zero-order valence-corrected chi connectivity index (χ0v) is 9.19. The Bertz CT molecular complexity index is 306. The second-order valence-corrected chi connectivity index (χ2v) is 3.43. The molecule has 1 atom stereocenters. The van der Waals surface area contributed by atoms with Gasteiger partial charge in [-0.1, -0.05) is 0 Å². The molecule has 4 nitrogen and oxygen atoms in total. The van der Waals surface area contributed by atoms with Crippen molar-refractivity contribution in [1.82, 2.24) is 4.98 Å². The quantitative estimate of drug-likeness (QED) is 0.564. The summed E-state index contributed by atoms with van der Waals surface area (Å²) in [4.78, 5) is 15.0. The number of pyridine rings is 1. The smallest absolute Gasteiger partial charge is 0.323 e. The van der Waals surface area contributed by atoms with Crippen molar-refractivity contribution in [2.75, 3.05) is 12.4 Å². The molecular formula is C10H14N2O2S. The van der Waals surface area contributed by atoms with Gasteiger partial charge in [0.25, 0.3) is 0 Å². The molecule has 2 N–H and O–H groups in total. The monoisotopic (exact) mass is 226 g/mol. The molecule has 0 aliphatic heterocycles. The molecule has 1 heterocycles. The van der Waals surface area contributed by atoms with E-state index in [0.717, 1.165) is 5.56 Å². The average Bonchev–Trinajstić information content (AvgIpc) is 2.29. The lowest BCUT2D eigenvalue weighted by molar-refractivity contribution is -0.144. The fourth-order valence-electron chi connectivity index (χ4n) is 1.00. The number of aromatic nitrogens is 1. The summed E-state index contributed by atoms with van der Waals surface area (Å²) in [6.45, 7) is 0.338. The van der Waals surface area contributed by atoms with Gasteiger partial charge in [0, 0.05) is 24.6 Å². The lowest BCUT2D eigenvalue weighted by Gasteiger charge is -2.08. The summed E-state index contributed by atoms with van der Waals surface area (Å²) >= 11 is 3.91. The standard InChI is InChI=1S/C10H14N2O2S/c11-9(7-15)10(13)14-6-3-8-1-4-12-5-2-8/h1-2,4-5,9,15H,3,6-7,11H2/t9-/m0/s1. The highest BCUT2D eigenvalue weighted by molar-refractivity contribution is 7.80. The zero-order valence-electron chi connectivity index (χ0n) is 8.30. The number of esters is 1. The van der Waals surface area contributed by atoms with Gasteiger partial charge >= 0.3 is 5.97 Å².